The summed E-state index contributed by atoms with van der Waals surface area (Å²) >= 11 is 0. The molecule has 1 rings (SSSR count). The second-order valence-electron chi connectivity index (χ2n) is 4.24. The molecule has 0 radical (unpaired) electrons. The molecule has 4 nitrogen and oxygen atoms in total. The van der Waals surface area contributed by atoms with Crippen LogP contribution in [0.4, 0.5) is 5.82 Å². The van der Waals surface area contributed by atoms with Crippen LogP contribution in [-0.2, 0) is 6.42 Å². The number of nitrogens with one attached hydrogen (secondary N) is 1. The molecular formula is C13H21N3O. The van der Waals surface area contributed by atoms with Crippen molar-refractivity contribution in [1.82, 2.24) is 9.97 Å². The predicted octanol–water partition coefficient (Wildman–Crippen LogP) is 2.67. The van der Waals surface area contributed by atoms with Crippen LogP contribution in [0.1, 0.15) is 26.6 Å². The van der Waals surface area contributed by atoms with Crippen molar-refractivity contribution >= 4 is 5.82 Å². The monoisotopic (exact) mass is 235 g/mol. The first kappa shape index (κ1) is 13.5. The highest BCUT2D eigenvalue weighted by Gasteiger charge is 2.04. The standard InChI is InChI=1S/C13H21N3O/c1-5-7-14-12-8-13(17-9-10(3)4)16-11(6-2)15-12/h5,8,10H,1,6-7,9H2,2-4H3,(H,14,15,16). The van der Waals surface area contributed by atoms with Crippen molar-refractivity contribution in [1.29, 1.82) is 0 Å². The fourth-order valence-electron chi connectivity index (χ4n) is 1.22. The summed E-state index contributed by atoms with van der Waals surface area (Å²) in [5.74, 6) is 2.70. The van der Waals surface area contributed by atoms with E-state index in [9.17, 15) is 0 Å². The first-order valence-corrected chi connectivity index (χ1v) is 6.01. The lowest BCUT2D eigenvalue weighted by atomic mass is 10.2. The molecule has 0 aliphatic carbocycles. The second-order valence-corrected chi connectivity index (χ2v) is 4.24. The van der Waals surface area contributed by atoms with Crippen molar-refractivity contribution in [2.45, 2.75) is 27.2 Å². The number of ether oxygens (including phenoxy) is 1. The maximum atomic E-state index is 5.61. The highest BCUT2D eigenvalue weighted by Crippen LogP contribution is 2.14. The van der Waals surface area contributed by atoms with Crippen LogP contribution in [-0.4, -0.2) is 23.1 Å². The van der Waals surface area contributed by atoms with E-state index in [1.807, 2.05) is 13.0 Å². The topological polar surface area (TPSA) is 47.0 Å². The van der Waals surface area contributed by atoms with Crippen molar-refractivity contribution in [3.63, 3.8) is 0 Å². The van der Waals surface area contributed by atoms with Crippen molar-refractivity contribution in [3.05, 3.63) is 24.5 Å². The molecule has 1 aromatic heterocycles. The van der Waals surface area contributed by atoms with Gasteiger partial charge in [-0.25, -0.2) is 4.98 Å². The van der Waals surface area contributed by atoms with Crippen LogP contribution in [0.5, 0.6) is 5.88 Å². The van der Waals surface area contributed by atoms with Crippen LogP contribution in [0.25, 0.3) is 0 Å². The molecule has 1 N–H and O–H groups in total. The van der Waals surface area contributed by atoms with E-state index in [1.54, 1.807) is 6.08 Å². The maximum Gasteiger partial charge on any atom is 0.218 e. The largest absolute Gasteiger partial charge is 0.477 e. The summed E-state index contributed by atoms with van der Waals surface area (Å²) in [5.41, 5.74) is 0. The van der Waals surface area contributed by atoms with E-state index < -0.39 is 0 Å². The van der Waals surface area contributed by atoms with Gasteiger partial charge < -0.3 is 10.1 Å². The van der Waals surface area contributed by atoms with E-state index in [1.165, 1.54) is 0 Å². The minimum atomic E-state index is 0.486. The molecule has 0 saturated carbocycles. The molecule has 0 saturated heterocycles. The molecule has 0 spiro atoms. The first-order valence-electron chi connectivity index (χ1n) is 6.01. The van der Waals surface area contributed by atoms with Crippen molar-refractivity contribution in [2.75, 3.05) is 18.5 Å². The molecule has 17 heavy (non-hydrogen) atoms. The van der Waals surface area contributed by atoms with Gasteiger partial charge in [0.1, 0.15) is 11.6 Å². The van der Waals surface area contributed by atoms with E-state index in [0.29, 0.717) is 24.9 Å². The van der Waals surface area contributed by atoms with Crippen molar-refractivity contribution in [2.24, 2.45) is 5.92 Å². The van der Waals surface area contributed by atoms with Gasteiger partial charge in [-0.3, -0.25) is 0 Å². The molecule has 1 heterocycles. The normalized spacial score (nSPS) is 10.4. The van der Waals surface area contributed by atoms with E-state index in [2.05, 4.69) is 35.7 Å². The Morgan fingerprint density at radius 1 is 1.47 bits per heavy atom. The van der Waals surface area contributed by atoms with Crippen molar-refractivity contribution < 1.29 is 4.74 Å². The van der Waals surface area contributed by atoms with E-state index in [4.69, 9.17) is 4.74 Å². The Bertz CT molecular complexity index is 364. The molecule has 0 fully saturated rings. The Balaban J connectivity index is 2.77. The van der Waals surface area contributed by atoms with Crippen molar-refractivity contribution in [3.8, 4) is 5.88 Å². The van der Waals surface area contributed by atoms with E-state index >= 15 is 0 Å². The van der Waals surface area contributed by atoms with E-state index in [0.717, 1.165) is 18.1 Å². The number of aryl methyl sites for hydroxylation is 1. The summed E-state index contributed by atoms with van der Waals surface area (Å²) in [6, 6.07) is 1.82. The average molecular weight is 235 g/mol. The van der Waals surface area contributed by atoms with Gasteiger partial charge in [0, 0.05) is 19.0 Å². The van der Waals surface area contributed by atoms with Gasteiger partial charge in [-0.15, -0.1) is 6.58 Å². The number of nitrogens with zero attached hydrogens (tertiary/aromatic N) is 2. The number of hydrogen-bond donors (Lipinski definition) is 1. The Kier molecular flexibility index (Phi) is 5.46. The molecular weight excluding hydrogens is 214 g/mol. The summed E-state index contributed by atoms with van der Waals surface area (Å²) < 4.78 is 5.61. The van der Waals surface area contributed by atoms with Crippen LogP contribution in [0.15, 0.2) is 18.7 Å². The van der Waals surface area contributed by atoms with Crippen LogP contribution in [0, 0.1) is 5.92 Å². The summed E-state index contributed by atoms with van der Waals surface area (Å²) in [6.45, 7) is 11.3. The Morgan fingerprint density at radius 2 is 2.24 bits per heavy atom. The summed E-state index contributed by atoms with van der Waals surface area (Å²) in [6.07, 6.45) is 2.59. The van der Waals surface area contributed by atoms with Gasteiger partial charge in [-0.1, -0.05) is 26.8 Å². The highest BCUT2D eigenvalue weighted by molar-refractivity contribution is 5.39. The van der Waals surface area contributed by atoms with Gasteiger partial charge in [-0.2, -0.15) is 4.98 Å². The smallest absolute Gasteiger partial charge is 0.218 e. The zero-order chi connectivity index (χ0) is 12.7. The third-order valence-corrected chi connectivity index (χ3v) is 2.06. The second kappa shape index (κ2) is 6.89. The molecule has 1 aromatic rings. The molecule has 0 unspecified atom stereocenters. The van der Waals surface area contributed by atoms with Gasteiger partial charge in [0.25, 0.3) is 0 Å². The number of hydrogen-bond acceptors (Lipinski definition) is 4. The quantitative estimate of drug-likeness (QED) is 0.738. The van der Waals surface area contributed by atoms with Gasteiger partial charge in [0.15, 0.2) is 0 Å². The third kappa shape index (κ3) is 4.85. The molecule has 94 valence electrons. The molecule has 0 aliphatic rings. The molecule has 0 bridgehead atoms. The Labute approximate surface area is 103 Å². The zero-order valence-electron chi connectivity index (χ0n) is 10.9. The molecule has 0 amide bonds. The summed E-state index contributed by atoms with van der Waals surface area (Å²) in [4.78, 5) is 8.70. The van der Waals surface area contributed by atoms with Gasteiger partial charge in [0.05, 0.1) is 6.61 Å². The van der Waals surface area contributed by atoms with Crippen LogP contribution in [0.2, 0.25) is 0 Å². The first-order chi connectivity index (χ1) is 8.15. The summed E-state index contributed by atoms with van der Waals surface area (Å²) in [7, 11) is 0. The SMILES string of the molecule is C=CCNc1cc(OCC(C)C)nc(CC)n1. The third-order valence-electron chi connectivity index (χ3n) is 2.06. The molecule has 4 heteroatoms. The number of rotatable bonds is 7. The number of anilines is 1. The Morgan fingerprint density at radius 3 is 2.82 bits per heavy atom. The lowest BCUT2D eigenvalue weighted by Crippen LogP contribution is -2.09. The molecule has 0 atom stereocenters. The predicted molar refractivity (Wildman–Crippen MR) is 70.4 cm³/mol. The summed E-state index contributed by atoms with van der Waals surface area (Å²) in [5, 5.41) is 3.15. The zero-order valence-corrected chi connectivity index (χ0v) is 10.9. The van der Waals surface area contributed by atoms with Gasteiger partial charge in [-0.05, 0) is 5.92 Å². The molecule has 0 aromatic carbocycles. The minimum Gasteiger partial charge on any atom is -0.477 e. The number of aromatic nitrogens is 2. The lowest BCUT2D eigenvalue weighted by molar-refractivity contribution is 0.260. The highest BCUT2D eigenvalue weighted by atomic mass is 16.5. The molecule has 0 aliphatic heterocycles. The lowest BCUT2D eigenvalue weighted by Gasteiger charge is -2.10. The van der Waals surface area contributed by atoms with Gasteiger partial charge in [0.2, 0.25) is 5.88 Å². The van der Waals surface area contributed by atoms with E-state index in [-0.39, 0.29) is 0 Å². The Hall–Kier alpha value is -1.58. The fraction of sp³-hybridized carbons (Fsp3) is 0.538. The van der Waals surface area contributed by atoms with Crippen LogP contribution >= 0.6 is 0 Å². The minimum absolute atomic E-state index is 0.486. The van der Waals surface area contributed by atoms with Crippen LogP contribution in [0.3, 0.4) is 0 Å². The van der Waals surface area contributed by atoms with Gasteiger partial charge >= 0.3 is 0 Å². The maximum absolute atomic E-state index is 5.61. The fourth-order valence-corrected chi connectivity index (χ4v) is 1.22. The average Bonchev–Trinajstić information content (AvgIpc) is 2.33. The van der Waals surface area contributed by atoms with Crippen LogP contribution < -0.4 is 10.1 Å².